The molecule has 0 bridgehead atoms. The number of carbonyl (C=O) groups excluding carboxylic acids is 2. The van der Waals surface area contributed by atoms with E-state index < -0.39 is 5.91 Å². The van der Waals surface area contributed by atoms with Crippen molar-refractivity contribution in [2.75, 3.05) is 25.1 Å². The van der Waals surface area contributed by atoms with Crippen molar-refractivity contribution in [1.82, 2.24) is 5.32 Å². The fourth-order valence-electron chi connectivity index (χ4n) is 1.46. The zero-order valence-corrected chi connectivity index (χ0v) is 12.8. The molecule has 6 nitrogen and oxygen atoms in total. The van der Waals surface area contributed by atoms with Gasteiger partial charge in [0.2, 0.25) is 5.91 Å². The fraction of sp³-hybridized carbons (Fsp3) is 0.385. The van der Waals surface area contributed by atoms with Gasteiger partial charge in [0.15, 0.2) is 0 Å². The Morgan fingerprint density at radius 1 is 1.40 bits per heavy atom. The van der Waals surface area contributed by atoms with Gasteiger partial charge < -0.3 is 21.1 Å². The minimum atomic E-state index is -0.516. The highest BCUT2D eigenvalue weighted by Crippen LogP contribution is 2.23. The molecule has 0 spiro atoms. The number of nitrogens with one attached hydrogen (secondary N) is 2. The van der Waals surface area contributed by atoms with E-state index in [2.05, 4.69) is 26.6 Å². The van der Waals surface area contributed by atoms with Crippen molar-refractivity contribution in [2.45, 2.75) is 13.3 Å². The number of rotatable bonds is 7. The van der Waals surface area contributed by atoms with Crippen molar-refractivity contribution < 1.29 is 14.3 Å². The molecule has 0 saturated carbocycles. The van der Waals surface area contributed by atoms with Crippen molar-refractivity contribution in [3.8, 4) is 0 Å². The Kier molecular flexibility index (Phi) is 7.03. The lowest BCUT2D eigenvalue weighted by molar-refractivity contribution is 0.1000. The number of ether oxygens (including phenoxy) is 1. The fourth-order valence-corrected chi connectivity index (χ4v) is 1.93. The molecule has 110 valence electrons. The maximum atomic E-state index is 11.6. The molecule has 20 heavy (non-hydrogen) atoms. The molecular formula is C13H18BrN3O3. The van der Waals surface area contributed by atoms with Crippen LogP contribution in [0, 0.1) is 0 Å². The zero-order chi connectivity index (χ0) is 15.0. The lowest BCUT2D eigenvalue weighted by Crippen LogP contribution is -2.30. The number of urea groups is 1. The summed E-state index contributed by atoms with van der Waals surface area (Å²) in [5, 5.41) is 5.39. The van der Waals surface area contributed by atoms with Crippen molar-refractivity contribution in [3.63, 3.8) is 0 Å². The van der Waals surface area contributed by atoms with Crippen LogP contribution in [0.2, 0.25) is 0 Å². The first-order valence-corrected chi connectivity index (χ1v) is 7.05. The summed E-state index contributed by atoms with van der Waals surface area (Å²) in [7, 11) is 0. The maximum Gasteiger partial charge on any atom is 0.319 e. The summed E-state index contributed by atoms with van der Waals surface area (Å²) in [4.78, 5) is 22.6. The highest BCUT2D eigenvalue weighted by molar-refractivity contribution is 9.10. The number of hydrogen-bond acceptors (Lipinski definition) is 3. The van der Waals surface area contributed by atoms with Crippen LogP contribution in [0.4, 0.5) is 10.5 Å². The summed E-state index contributed by atoms with van der Waals surface area (Å²) in [6.07, 6.45) is 0.753. The summed E-state index contributed by atoms with van der Waals surface area (Å²) < 4.78 is 5.76. The molecule has 0 atom stereocenters. The molecular weight excluding hydrogens is 326 g/mol. The Morgan fingerprint density at radius 2 is 2.15 bits per heavy atom. The minimum Gasteiger partial charge on any atom is -0.382 e. The molecule has 0 radical (unpaired) electrons. The van der Waals surface area contributed by atoms with E-state index in [0.29, 0.717) is 35.5 Å². The van der Waals surface area contributed by atoms with Crippen LogP contribution in [-0.4, -0.2) is 31.7 Å². The summed E-state index contributed by atoms with van der Waals surface area (Å²) in [5.74, 6) is -0.516. The summed E-state index contributed by atoms with van der Waals surface area (Å²) in [6.45, 7) is 3.75. The Bertz CT molecular complexity index is 480. The molecule has 1 aromatic rings. The molecule has 0 unspecified atom stereocenters. The quantitative estimate of drug-likeness (QED) is 0.661. The second-order valence-electron chi connectivity index (χ2n) is 3.99. The Hall–Kier alpha value is -1.60. The van der Waals surface area contributed by atoms with Gasteiger partial charge in [-0.05, 0) is 47.5 Å². The third-order valence-electron chi connectivity index (χ3n) is 2.46. The van der Waals surface area contributed by atoms with E-state index in [4.69, 9.17) is 10.5 Å². The summed E-state index contributed by atoms with van der Waals surface area (Å²) in [6, 6.07) is 4.42. The molecule has 4 N–H and O–H groups in total. The van der Waals surface area contributed by atoms with Crippen LogP contribution in [0.15, 0.2) is 22.7 Å². The van der Waals surface area contributed by atoms with Gasteiger partial charge in [0.25, 0.3) is 0 Å². The number of primary amides is 1. The van der Waals surface area contributed by atoms with Gasteiger partial charge in [-0.2, -0.15) is 0 Å². The molecule has 1 aromatic carbocycles. The van der Waals surface area contributed by atoms with Crippen LogP contribution in [0.5, 0.6) is 0 Å². The van der Waals surface area contributed by atoms with E-state index in [-0.39, 0.29) is 6.03 Å². The van der Waals surface area contributed by atoms with E-state index in [9.17, 15) is 9.59 Å². The number of benzene rings is 1. The van der Waals surface area contributed by atoms with Crippen LogP contribution < -0.4 is 16.4 Å². The molecule has 0 aliphatic rings. The molecule has 3 amide bonds. The number of halogens is 1. The lowest BCUT2D eigenvalue weighted by atomic mass is 10.2. The largest absolute Gasteiger partial charge is 0.382 e. The van der Waals surface area contributed by atoms with E-state index in [1.807, 2.05) is 6.92 Å². The van der Waals surface area contributed by atoms with Gasteiger partial charge in [-0.3, -0.25) is 4.79 Å². The molecule has 0 aliphatic heterocycles. The topological polar surface area (TPSA) is 93.4 Å². The Balaban J connectivity index is 2.44. The van der Waals surface area contributed by atoms with Crippen LogP contribution in [0.1, 0.15) is 23.7 Å². The van der Waals surface area contributed by atoms with Crippen LogP contribution >= 0.6 is 15.9 Å². The summed E-state index contributed by atoms with van der Waals surface area (Å²) >= 11 is 3.28. The first-order chi connectivity index (χ1) is 9.54. The molecule has 0 saturated heterocycles. The predicted molar refractivity (Wildman–Crippen MR) is 80.8 cm³/mol. The van der Waals surface area contributed by atoms with E-state index in [1.165, 1.54) is 0 Å². The number of hydrogen-bond donors (Lipinski definition) is 3. The third-order valence-corrected chi connectivity index (χ3v) is 3.11. The number of carbonyl (C=O) groups is 2. The first-order valence-electron chi connectivity index (χ1n) is 6.26. The SMILES string of the molecule is CCOCCCNC(=O)Nc1ccc(C(N)=O)cc1Br. The monoisotopic (exact) mass is 343 g/mol. The average molecular weight is 344 g/mol. The molecule has 7 heteroatoms. The highest BCUT2D eigenvalue weighted by Gasteiger charge is 2.07. The van der Waals surface area contributed by atoms with Gasteiger partial charge in [0.1, 0.15) is 0 Å². The number of amides is 3. The van der Waals surface area contributed by atoms with Gasteiger partial charge in [-0.1, -0.05) is 0 Å². The van der Waals surface area contributed by atoms with E-state index >= 15 is 0 Å². The smallest absolute Gasteiger partial charge is 0.319 e. The van der Waals surface area contributed by atoms with Gasteiger partial charge in [0.05, 0.1) is 5.69 Å². The van der Waals surface area contributed by atoms with Gasteiger partial charge >= 0.3 is 6.03 Å². The van der Waals surface area contributed by atoms with E-state index in [0.717, 1.165) is 6.42 Å². The molecule has 0 heterocycles. The zero-order valence-electron chi connectivity index (χ0n) is 11.2. The predicted octanol–water partition coefficient (Wildman–Crippen LogP) is 2.10. The highest BCUT2D eigenvalue weighted by atomic mass is 79.9. The third kappa shape index (κ3) is 5.58. The second-order valence-corrected chi connectivity index (χ2v) is 4.84. The van der Waals surface area contributed by atoms with Crippen LogP contribution in [0.25, 0.3) is 0 Å². The average Bonchev–Trinajstić information content (AvgIpc) is 2.40. The molecule has 1 rings (SSSR count). The Labute approximate surface area is 126 Å². The normalized spacial score (nSPS) is 10.1. The Morgan fingerprint density at radius 3 is 2.75 bits per heavy atom. The molecule has 0 aromatic heterocycles. The van der Waals surface area contributed by atoms with Crippen LogP contribution in [-0.2, 0) is 4.74 Å². The van der Waals surface area contributed by atoms with Crippen molar-refractivity contribution in [2.24, 2.45) is 5.73 Å². The van der Waals surface area contributed by atoms with Crippen molar-refractivity contribution in [3.05, 3.63) is 28.2 Å². The number of anilines is 1. The van der Waals surface area contributed by atoms with Gasteiger partial charge in [0, 0.05) is 29.8 Å². The van der Waals surface area contributed by atoms with Crippen molar-refractivity contribution >= 4 is 33.6 Å². The van der Waals surface area contributed by atoms with Crippen LogP contribution in [0.3, 0.4) is 0 Å². The maximum absolute atomic E-state index is 11.6. The lowest BCUT2D eigenvalue weighted by Gasteiger charge is -2.09. The molecule has 0 aliphatic carbocycles. The molecule has 0 fully saturated rings. The van der Waals surface area contributed by atoms with E-state index in [1.54, 1.807) is 18.2 Å². The van der Waals surface area contributed by atoms with Gasteiger partial charge in [-0.15, -0.1) is 0 Å². The summed E-state index contributed by atoms with van der Waals surface area (Å²) in [5.41, 5.74) is 6.11. The van der Waals surface area contributed by atoms with Crippen molar-refractivity contribution in [1.29, 1.82) is 0 Å². The second kappa shape index (κ2) is 8.55. The minimum absolute atomic E-state index is 0.311. The number of nitrogens with two attached hydrogens (primary N) is 1. The first kappa shape index (κ1) is 16.5. The standard InChI is InChI=1S/C13H18BrN3O3/c1-2-20-7-3-6-16-13(19)17-11-5-4-9(12(15)18)8-10(11)14/h4-5,8H,2-3,6-7H2,1H3,(H2,15,18)(H2,16,17,19). The van der Waals surface area contributed by atoms with Gasteiger partial charge in [-0.25, -0.2) is 4.79 Å².